The van der Waals surface area contributed by atoms with Gasteiger partial charge in [-0.3, -0.25) is 0 Å². The molecule has 40 heavy (non-hydrogen) atoms. The van der Waals surface area contributed by atoms with Crippen LogP contribution in [-0.2, 0) is 10.8 Å². The summed E-state index contributed by atoms with van der Waals surface area (Å²) in [6.45, 7) is 8.99. The molecule has 1 atom stereocenters. The normalized spacial score (nSPS) is 19.2. The minimum absolute atomic E-state index is 0.385. The summed E-state index contributed by atoms with van der Waals surface area (Å²) in [7, 11) is 0. The molecule has 0 heteroatoms. The lowest BCUT2D eigenvalue weighted by molar-refractivity contribution is 0.671. The monoisotopic (exact) mass is 512 g/mol. The highest BCUT2D eigenvalue weighted by atomic mass is 14.5. The van der Waals surface area contributed by atoms with E-state index in [0.29, 0.717) is 0 Å². The van der Waals surface area contributed by atoms with Gasteiger partial charge in [0.05, 0.1) is 5.41 Å². The van der Waals surface area contributed by atoms with Crippen molar-refractivity contribution in [3.8, 4) is 11.1 Å². The standard InChI is InChI=1S/C40H32/c1-28-15-14-17-30(27-28)40(35-22-8-5-19-32(35)33-20-6-9-23-36(33)40)38-25-11-10-24-37(38)39(3)26-13-12-16-29(2)31-18-4-7-21-34(31)39/h4-27H,2H2,1,3H3/b16-12-,26-13?. The summed E-state index contributed by atoms with van der Waals surface area (Å²) >= 11 is 0. The smallest absolute Gasteiger partial charge is 0.0716 e. The van der Waals surface area contributed by atoms with Crippen molar-refractivity contribution >= 4 is 5.57 Å². The second-order valence-electron chi connectivity index (χ2n) is 11.2. The molecule has 0 saturated carbocycles. The van der Waals surface area contributed by atoms with E-state index < -0.39 is 5.41 Å². The summed E-state index contributed by atoms with van der Waals surface area (Å²) in [4.78, 5) is 0. The van der Waals surface area contributed by atoms with Gasteiger partial charge < -0.3 is 0 Å². The Morgan fingerprint density at radius 3 is 1.73 bits per heavy atom. The SMILES string of the molecule is C=C1/C=C\C=CC(C)(c2ccccc2C2(c3cccc(C)c3)c3ccccc3-c3ccccc32)c2ccccc21. The van der Waals surface area contributed by atoms with Gasteiger partial charge in [0.15, 0.2) is 0 Å². The number of fused-ring (bicyclic) bond motifs is 4. The second kappa shape index (κ2) is 9.21. The van der Waals surface area contributed by atoms with Crippen molar-refractivity contribution in [1.29, 1.82) is 0 Å². The van der Waals surface area contributed by atoms with Gasteiger partial charge in [-0.15, -0.1) is 0 Å². The third-order valence-corrected chi connectivity index (χ3v) is 8.96. The average Bonchev–Trinajstić information content (AvgIpc) is 3.30. The van der Waals surface area contributed by atoms with Gasteiger partial charge in [-0.2, -0.15) is 0 Å². The summed E-state index contributed by atoms with van der Waals surface area (Å²) in [6, 6.07) is 44.9. The Labute approximate surface area is 237 Å². The van der Waals surface area contributed by atoms with Crippen LogP contribution in [0.4, 0.5) is 0 Å². The van der Waals surface area contributed by atoms with Crippen molar-refractivity contribution < 1.29 is 0 Å². The van der Waals surface area contributed by atoms with Crippen molar-refractivity contribution in [2.45, 2.75) is 24.7 Å². The zero-order valence-electron chi connectivity index (χ0n) is 23.1. The van der Waals surface area contributed by atoms with Crippen LogP contribution in [0.5, 0.6) is 0 Å². The predicted molar refractivity (Wildman–Crippen MR) is 169 cm³/mol. The van der Waals surface area contributed by atoms with Crippen LogP contribution in [0, 0.1) is 6.92 Å². The van der Waals surface area contributed by atoms with Crippen molar-refractivity contribution in [2.75, 3.05) is 0 Å². The van der Waals surface area contributed by atoms with Crippen LogP contribution < -0.4 is 0 Å². The van der Waals surface area contributed by atoms with E-state index in [0.717, 1.165) is 5.57 Å². The topological polar surface area (TPSA) is 0 Å². The van der Waals surface area contributed by atoms with E-state index in [2.05, 4.69) is 166 Å². The van der Waals surface area contributed by atoms with Crippen LogP contribution >= 0.6 is 0 Å². The lowest BCUT2D eigenvalue weighted by Crippen LogP contribution is -2.34. The van der Waals surface area contributed by atoms with E-state index >= 15 is 0 Å². The zero-order valence-corrected chi connectivity index (χ0v) is 23.1. The highest BCUT2D eigenvalue weighted by Gasteiger charge is 2.48. The Bertz CT molecular complexity index is 1800. The maximum Gasteiger partial charge on any atom is 0.0716 e. The highest BCUT2D eigenvalue weighted by molar-refractivity contribution is 5.87. The number of hydrogen-bond donors (Lipinski definition) is 0. The number of benzene rings is 5. The first-order valence-electron chi connectivity index (χ1n) is 14.1. The summed E-state index contributed by atoms with van der Waals surface area (Å²) in [5, 5.41) is 0. The molecule has 0 bridgehead atoms. The lowest BCUT2D eigenvalue weighted by atomic mass is 9.61. The number of hydrogen-bond acceptors (Lipinski definition) is 0. The molecular weight excluding hydrogens is 480 g/mol. The lowest BCUT2D eigenvalue weighted by Gasteiger charge is -2.40. The Balaban J connectivity index is 1.64. The molecule has 2 aliphatic carbocycles. The van der Waals surface area contributed by atoms with Gasteiger partial charge in [0.25, 0.3) is 0 Å². The average molecular weight is 513 g/mol. The number of aryl methyl sites for hydroxylation is 1. The quantitative estimate of drug-likeness (QED) is 0.221. The fourth-order valence-electron chi connectivity index (χ4n) is 7.18. The van der Waals surface area contributed by atoms with Crippen LogP contribution in [0.2, 0.25) is 0 Å². The van der Waals surface area contributed by atoms with Crippen molar-refractivity contribution in [3.05, 3.63) is 197 Å². The van der Waals surface area contributed by atoms with Crippen LogP contribution in [0.25, 0.3) is 16.7 Å². The van der Waals surface area contributed by atoms with E-state index in [1.165, 1.54) is 55.6 Å². The van der Waals surface area contributed by atoms with Gasteiger partial charge in [0, 0.05) is 5.41 Å². The highest BCUT2D eigenvalue weighted by Crippen LogP contribution is 2.58. The molecule has 0 nitrogen and oxygen atoms in total. The Morgan fingerprint density at radius 2 is 1.07 bits per heavy atom. The first-order chi connectivity index (χ1) is 19.5. The van der Waals surface area contributed by atoms with Crippen LogP contribution in [-0.4, -0.2) is 0 Å². The molecule has 0 amide bonds. The maximum absolute atomic E-state index is 4.43. The number of allylic oxidation sites excluding steroid dienone is 5. The third-order valence-electron chi connectivity index (χ3n) is 8.96. The molecule has 0 aliphatic heterocycles. The summed E-state index contributed by atoms with van der Waals surface area (Å²) in [5.41, 5.74) is 13.1. The molecular formula is C40H32. The molecule has 7 rings (SSSR count). The molecule has 2 aliphatic rings. The van der Waals surface area contributed by atoms with Gasteiger partial charge in [0.1, 0.15) is 0 Å². The molecule has 192 valence electrons. The minimum Gasteiger partial charge on any atom is -0.0911 e. The van der Waals surface area contributed by atoms with Gasteiger partial charge in [0.2, 0.25) is 0 Å². The predicted octanol–water partition coefficient (Wildman–Crippen LogP) is 9.80. The Morgan fingerprint density at radius 1 is 0.525 bits per heavy atom. The van der Waals surface area contributed by atoms with E-state index in [4.69, 9.17) is 0 Å². The fraction of sp³-hybridized carbons (Fsp3) is 0.100. The van der Waals surface area contributed by atoms with Gasteiger partial charge in [-0.25, -0.2) is 0 Å². The van der Waals surface area contributed by atoms with Crippen LogP contribution in [0.1, 0.15) is 51.4 Å². The molecule has 5 aromatic carbocycles. The van der Waals surface area contributed by atoms with Crippen molar-refractivity contribution in [3.63, 3.8) is 0 Å². The molecule has 5 aromatic rings. The van der Waals surface area contributed by atoms with E-state index in [1.807, 2.05) is 0 Å². The van der Waals surface area contributed by atoms with Crippen LogP contribution in [0.15, 0.2) is 152 Å². The van der Waals surface area contributed by atoms with Crippen LogP contribution in [0.3, 0.4) is 0 Å². The molecule has 0 N–H and O–H groups in total. The Kier molecular flexibility index (Phi) is 5.61. The molecule has 1 unspecified atom stereocenters. The van der Waals surface area contributed by atoms with Gasteiger partial charge in [-0.05, 0) is 69.5 Å². The number of rotatable bonds is 3. The fourth-order valence-corrected chi connectivity index (χ4v) is 7.18. The van der Waals surface area contributed by atoms with Gasteiger partial charge in [-0.1, -0.05) is 158 Å². The van der Waals surface area contributed by atoms with Gasteiger partial charge >= 0.3 is 0 Å². The first kappa shape index (κ1) is 24.4. The van der Waals surface area contributed by atoms with E-state index in [9.17, 15) is 0 Å². The molecule has 0 saturated heterocycles. The maximum atomic E-state index is 4.43. The zero-order chi connectivity index (χ0) is 27.3. The largest absolute Gasteiger partial charge is 0.0911 e. The van der Waals surface area contributed by atoms with E-state index in [1.54, 1.807) is 0 Å². The molecule has 0 radical (unpaired) electrons. The van der Waals surface area contributed by atoms with Crippen molar-refractivity contribution in [2.24, 2.45) is 0 Å². The summed E-state index contributed by atoms with van der Waals surface area (Å²) < 4.78 is 0. The Hall–Kier alpha value is -4.68. The summed E-state index contributed by atoms with van der Waals surface area (Å²) in [5.74, 6) is 0. The second-order valence-corrected chi connectivity index (χ2v) is 11.2. The molecule has 0 fully saturated rings. The summed E-state index contributed by atoms with van der Waals surface area (Å²) in [6.07, 6.45) is 8.78. The first-order valence-corrected chi connectivity index (χ1v) is 14.1. The van der Waals surface area contributed by atoms with Crippen molar-refractivity contribution in [1.82, 2.24) is 0 Å². The van der Waals surface area contributed by atoms with E-state index in [-0.39, 0.29) is 5.41 Å². The third kappa shape index (κ3) is 3.39. The molecule has 0 aromatic heterocycles. The molecule has 0 spiro atoms. The molecule has 0 heterocycles. The minimum atomic E-state index is -0.461.